The third-order valence-electron chi connectivity index (χ3n) is 4.15. The fourth-order valence-corrected chi connectivity index (χ4v) is 4.02. The summed E-state index contributed by atoms with van der Waals surface area (Å²) in [6, 6.07) is 10.6. The first kappa shape index (κ1) is 20.0. The Labute approximate surface area is 173 Å². The summed E-state index contributed by atoms with van der Waals surface area (Å²) in [6.45, 7) is 0. The maximum absolute atomic E-state index is 13.0. The summed E-state index contributed by atoms with van der Waals surface area (Å²) in [6.07, 6.45) is 1.74. The third-order valence-corrected chi connectivity index (χ3v) is 5.45. The molecule has 0 atom stereocenters. The molecule has 1 aliphatic heterocycles. The number of benzene rings is 2. The van der Waals surface area contributed by atoms with Gasteiger partial charge in [0.05, 0.1) is 39.0 Å². The van der Waals surface area contributed by atoms with Gasteiger partial charge in [-0.15, -0.1) is 0 Å². The first-order chi connectivity index (χ1) is 13.5. The van der Waals surface area contributed by atoms with Crippen molar-refractivity contribution in [1.82, 2.24) is 0 Å². The first-order valence-electron chi connectivity index (χ1n) is 8.24. The SMILES string of the molecule is COc1ccc(N2C(=O)/C(=C/c3cc(OC)c(OC)cc3OC)SC2=S)cc1. The normalized spacial score (nSPS) is 15.1. The molecule has 1 amide bonds. The average Bonchev–Trinajstić information content (AvgIpc) is 3.00. The van der Waals surface area contributed by atoms with Crippen molar-refractivity contribution in [3.63, 3.8) is 0 Å². The molecule has 0 radical (unpaired) electrons. The van der Waals surface area contributed by atoms with E-state index in [1.165, 1.54) is 16.7 Å². The van der Waals surface area contributed by atoms with Crippen molar-refractivity contribution < 1.29 is 23.7 Å². The predicted octanol–water partition coefficient (Wildman–Crippen LogP) is 4.13. The smallest absolute Gasteiger partial charge is 0.270 e. The van der Waals surface area contributed by atoms with Crippen molar-refractivity contribution in [2.45, 2.75) is 0 Å². The molecule has 0 bridgehead atoms. The van der Waals surface area contributed by atoms with Gasteiger partial charge < -0.3 is 18.9 Å². The van der Waals surface area contributed by atoms with Crippen molar-refractivity contribution in [1.29, 1.82) is 0 Å². The van der Waals surface area contributed by atoms with Crippen molar-refractivity contribution in [2.75, 3.05) is 33.3 Å². The van der Waals surface area contributed by atoms with Gasteiger partial charge in [0, 0.05) is 11.6 Å². The lowest BCUT2D eigenvalue weighted by Crippen LogP contribution is -2.27. The van der Waals surface area contributed by atoms with E-state index in [2.05, 4.69) is 0 Å². The van der Waals surface area contributed by atoms with Gasteiger partial charge in [0.25, 0.3) is 5.91 Å². The van der Waals surface area contributed by atoms with Gasteiger partial charge in [-0.2, -0.15) is 0 Å². The van der Waals surface area contributed by atoms with Crippen LogP contribution in [0.1, 0.15) is 5.56 Å². The van der Waals surface area contributed by atoms with Crippen LogP contribution in [0.2, 0.25) is 0 Å². The lowest BCUT2D eigenvalue weighted by molar-refractivity contribution is -0.113. The van der Waals surface area contributed by atoms with E-state index in [0.29, 0.717) is 43.5 Å². The minimum atomic E-state index is -0.197. The summed E-state index contributed by atoms with van der Waals surface area (Å²) in [4.78, 5) is 15.0. The van der Waals surface area contributed by atoms with Crippen LogP contribution in [0.25, 0.3) is 6.08 Å². The van der Waals surface area contributed by atoms with Gasteiger partial charge in [-0.1, -0.05) is 24.0 Å². The zero-order valence-electron chi connectivity index (χ0n) is 15.8. The van der Waals surface area contributed by atoms with E-state index in [1.54, 1.807) is 70.9 Å². The number of amides is 1. The Bertz CT molecular complexity index is 940. The second-order valence-electron chi connectivity index (χ2n) is 5.66. The zero-order chi connectivity index (χ0) is 20.3. The Hall–Kier alpha value is -2.71. The van der Waals surface area contributed by atoms with Crippen molar-refractivity contribution in [3.05, 3.63) is 46.9 Å². The summed E-state index contributed by atoms with van der Waals surface area (Å²) in [5, 5.41) is 0. The molecular formula is C20H19NO5S2. The highest BCUT2D eigenvalue weighted by Crippen LogP contribution is 2.40. The molecule has 0 spiro atoms. The highest BCUT2D eigenvalue weighted by atomic mass is 32.2. The molecule has 0 aromatic heterocycles. The highest BCUT2D eigenvalue weighted by molar-refractivity contribution is 8.27. The zero-order valence-corrected chi connectivity index (χ0v) is 17.5. The van der Waals surface area contributed by atoms with E-state index in [9.17, 15) is 4.79 Å². The lowest BCUT2D eigenvalue weighted by Gasteiger charge is -2.15. The Kier molecular flexibility index (Phi) is 6.11. The standard InChI is InChI=1S/C20H19NO5S2/c1-23-14-7-5-13(6-8-14)21-19(22)18(28-20(21)27)10-12-9-16(25-3)17(26-4)11-15(12)24-2/h5-11H,1-4H3/b18-10-. The number of thiocarbonyl (C=S) groups is 1. The molecule has 6 nitrogen and oxygen atoms in total. The number of methoxy groups -OCH3 is 4. The van der Waals surface area contributed by atoms with Gasteiger partial charge in [-0.05, 0) is 36.4 Å². The minimum absolute atomic E-state index is 0.197. The third kappa shape index (κ3) is 3.79. The van der Waals surface area contributed by atoms with E-state index in [4.69, 9.17) is 31.2 Å². The number of ether oxygens (including phenoxy) is 4. The molecule has 3 rings (SSSR count). The summed E-state index contributed by atoms with van der Waals surface area (Å²) in [5.41, 5.74) is 1.38. The molecule has 0 unspecified atom stereocenters. The largest absolute Gasteiger partial charge is 0.497 e. The van der Waals surface area contributed by atoms with Crippen LogP contribution in [-0.2, 0) is 4.79 Å². The summed E-state index contributed by atoms with van der Waals surface area (Å²) < 4.78 is 21.7. The Morgan fingerprint density at radius 1 is 0.893 bits per heavy atom. The van der Waals surface area contributed by atoms with E-state index in [-0.39, 0.29) is 5.91 Å². The summed E-state index contributed by atoms with van der Waals surface area (Å²) in [5.74, 6) is 2.16. The van der Waals surface area contributed by atoms with Crippen LogP contribution in [0.3, 0.4) is 0 Å². The fourth-order valence-electron chi connectivity index (χ4n) is 2.73. The summed E-state index contributed by atoms with van der Waals surface area (Å²) >= 11 is 6.66. The number of carbonyl (C=O) groups is 1. The average molecular weight is 418 g/mol. The Balaban J connectivity index is 1.97. The van der Waals surface area contributed by atoms with E-state index < -0.39 is 0 Å². The number of nitrogens with zero attached hydrogens (tertiary/aromatic N) is 1. The molecule has 8 heteroatoms. The number of rotatable bonds is 6. The molecule has 1 aliphatic rings. The lowest BCUT2D eigenvalue weighted by atomic mass is 10.1. The molecule has 2 aromatic rings. The quantitative estimate of drug-likeness (QED) is 0.517. The number of hydrogen-bond acceptors (Lipinski definition) is 7. The minimum Gasteiger partial charge on any atom is -0.497 e. The van der Waals surface area contributed by atoms with Gasteiger partial charge in [-0.3, -0.25) is 9.69 Å². The van der Waals surface area contributed by atoms with E-state index in [1.807, 2.05) is 0 Å². The number of hydrogen-bond donors (Lipinski definition) is 0. The second kappa shape index (κ2) is 8.53. The highest BCUT2D eigenvalue weighted by Gasteiger charge is 2.33. The number of thioether (sulfide) groups is 1. The molecule has 1 heterocycles. The van der Waals surface area contributed by atoms with Crippen LogP contribution in [0.5, 0.6) is 23.0 Å². The van der Waals surface area contributed by atoms with Gasteiger partial charge >= 0.3 is 0 Å². The molecule has 0 N–H and O–H groups in total. The Morgan fingerprint density at radius 3 is 2.07 bits per heavy atom. The number of anilines is 1. The van der Waals surface area contributed by atoms with Crippen LogP contribution >= 0.6 is 24.0 Å². The van der Waals surface area contributed by atoms with Gasteiger partial charge in [0.2, 0.25) is 0 Å². The molecule has 0 saturated carbocycles. The van der Waals surface area contributed by atoms with Crippen LogP contribution in [0, 0.1) is 0 Å². The van der Waals surface area contributed by atoms with E-state index >= 15 is 0 Å². The van der Waals surface area contributed by atoms with E-state index in [0.717, 1.165) is 0 Å². The molecule has 28 heavy (non-hydrogen) atoms. The monoisotopic (exact) mass is 417 g/mol. The van der Waals surface area contributed by atoms with Crippen molar-refractivity contribution >= 4 is 46.0 Å². The molecular weight excluding hydrogens is 398 g/mol. The van der Waals surface area contributed by atoms with Crippen molar-refractivity contribution in [2.24, 2.45) is 0 Å². The molecule has 1 fully saturated rings. The molecule has 0 aliphatic carbocycles. The Morgan fingerprint density at radius 2 is 1.50 bits per heavy atom. The molecule has 2 aromatic carbocycles. The van der Waals surface area contributed by atoms with Gasteiger partial charge in [0.15, 0.2) is 15.8 Å². The van der Waals surface area contributed by atoms with Crippen LogP contribution < -0.4 is 23.8 Å². The molecule has 1 saturated heterocycles. The maximum Gasteiger partial charge on any atom is 0.270 e. The summed E-state index contributed by atoms with van der Waals surface area (Å²) in [7, 11) is 6.25. The fraction of sp³-hybridized carbons (Fsp3) is 0.200. The van der Waals surface area contributed by atoms with Crippen LogP contribution in [0.4, 0.5) is 5.69 Å². The van der Waals surface area contributed by atoms with Gasteiger partial charge in [-0.25, -0.2) is 0 Å². The first-order valence-corrected chi connectivity index (χ1v) is 9.46. The van der Waals surface area contributed by atoms with Gasteiger partial charge in [0.1, 0.15) is 11.5 Å². The van der Waals surface area contributed by atoms with Crippen LogP contribution in [0.15, 0.2) is 41.3 Å². The molecule has 146 valence electrons. The van der Waals surface area contributed by atoms with Crippen LogP contribution in [-0.4, -0.2) is 38.7 Å². The second-order valence-corrected chi connectivity index (χ2v) is 7.34. The topological polar surface area (TPSA) is 57.2 Å². The number of carbonyl (C=O) groups excluding carboxylic acids is 1. The van der Waals surface area contributed by atoms with Crippen molar-refractivity contribution in [3.8, 4) is 23.0 Å². The predicted molar refractivity (Wildman–Crippen MR) is 115 cm³/mol. The maximum atomic E-state index is 13.0.